The van der Waals surface area contributed by atoms with Gasteiger partial charge in [-0.25, -0.2) is 4.79 Å². The zero-order chi connectivity index (χ0) is 15.3. The molecule has 0 radical (unpaired) electrons. The van der Waals surface area contributed by atoms with E-state index >= 15 is 0 Å². The number of anilines is 1. The standard InChI is InChI=1S/C14H19BrN2O3/c1-8(2)6-12(14(19)20-3)17-13(18)10-7-9(16)4-5-11(10)15/h4-5,7-8,12H,6,16H2,1-3H3,(H,17,18). The summed E-state index contributed by atoms with van der Waals surface area (Å²) in [7, 11) is 1.30. The second kappa shape index (κ2) is 7.28. The molecule has 0 heterocycles. The number of amides is 1. The number of nitrogens with two attached hydrogens (primary N) is 1. The number of hydrogen-bond acceptors (Lipinski definition) is 4. The molecule has 0 aliphatic carbocycles. The first kappa shape index (κ1) is 16.5. The zero-order valence-electron chi connectivity index (χ0n) is 11.8. The largest absolute Gasteiger partial charge is 0.467 e. The molecule has 0 saturated heterocycles. The molecule has 1 aromatic carbocycles. The van der Waals surface area contributed by atoms with Crippen molar-refractivity contribution < 1.29 is 14.3 Å². The van der Waals surface area contributed by atoms with Crippen molar-refractivity contribution in [3.05, 3.63) is 28.2 Å². The lowest BCUT2D eigenvalue weighted by molar-refractivity contribution is -0.143. The highest BCUT2D eigenvalue weighted by Crippen LogP contribution is 2.20. The summed E-state index contributed by atoms with van der Waals surface area (Å²) in [4.78, 5) is 23.9. The first-order valence-corrected chi connectivity index (χ1v) is 7.08. The molecular formula is C14H19BrN2O3. The molecule has 0 fully saturated rings. The highest BCUT2D eigenvalue weighted by molar-refractivity contribution is 9.10. The van der Waals surface area contributed by atoms with Gasteiger partial charge in [0.15, 0.2) is 0 Å². The summed E-state index contributed by atoms with van der Waals surface area (Å²) >= 11 is 3.29. The molecule has 110 valence electrons. The smallest absolute Gasteiger partial charge is 0.328 e. The van der Waals surface area contributed by atoms with Crippen LogP contribution < -0.4 is 11.1 Å². The third kappa shape index (κ3) is 4.52. The minimum Gasteiger partial charge on any atom is -0.467 e. The first-order chi connectivity index (χ1) is 9.35. The Morgan fingerprint density at radius 3 is 2.60 bits per heavy atom. The van der Waals surface area contributed by atoms with E-state index in [9.17, 15) is 9.59 Å². The van der Waals surface area contributed by atoms with Crippen LogP contribution in [0.25, 0.3) is 0 Å². The van der Waals surface area contributed by atoms with Crippen molar-refractivity contribution in [1.29, 1.82) is 0 Å². The summed E-state index contributed by atoms with van der Waals surface area (Å²) in [5.74, 6) is -0.559. The second-order valence-electron chi connectivity index (χ2n) is 4.92. The Bertz CT molecular complexity index is 503. The van der Waals surface area contributed by atoms with Gasteiger partial charge in [-0.15, -0.1) is 0 Å². The molecule has 0 aliphatic rings. The van der Waals surface area contributed by atoms with Crippen molar-refractivity contribution in [2.75, 3.05) is 12.8 Å². The van der Waals surface area contributed by atoms with Gasteiger partial charge in [0.25, 0.3) is 5.91 Å². The monoisotopic (exact) mass is 342 g/mol. The van der Waals surface area contributed by atoms with Crippen LogP contribution in [0.1, 0.15) is 30.6 Å². The van der Waals surface area contributed by atoms with Gasteiger partial charge in [-0.3, -0.25) is 4.79 Å². The first-order valence-electron chi connectivity index (χ1n) is 6.28. The fourth-order valence-electron chi connectivity index (χ4n) is 1.78. The maximum atomic E-state index is 12.2. The lowest BCUT2D eigenvalue weighted by Crippen LogP contribution is -2.42. The summed E-state index contributed by atoms with van der Waals surface area (Å²) in [5, 5.41) is 2.68. The van der Waals surface area contributed by atoms with E-state index in [0.717, 1.165) is 0 Å². The van der Waals surface area contributed by atoms with E-state index in [2.05, 4.69) is 21.2 Å². The topological polar surface area (TPSA) is 81.4 Å². The molecule has 20 heavy (non-hydrogen) atoms. The van der Waals surface area contributed by atoms with Crippen molar-refractivity contribution in [1.82, 2.24) is 5.32 Å². The summed E-state index contributed by atoms with van der Waals surface area (Å²) in [5.41, 5.74) is 6.54. The van der Waals surface area contributed by atoms with Gasteiger partial charge in [-0.1, -0.05) is 13.8 Å². The van der Waals surface area contributed by atoms with Crippen LogP contribution in [0.15, 0.2) is 22.7 Å². The Balaban J connectivity index is 2.90. The number of carbonyl (C=O) groups excluding carboxylic acids is 2. The average Bonchev–Trinajstić information content (AvgIpc) is 2.39. The van der Waals surface area contributed by atoms with Gasteiger partial charge < -0.3 is 15.8 Å². The zero-order valence-corrected chi connectivity index (χ0v) is 13.4. The van der Waals surface area contributed by atoms with Crippen molar-refractivity contribution in [3.63, 3.8) is 0 Å². The van der Waals surface area contributed by atoms with Crippen molar-refractivity contribution in [2.24, 2.45) is 5.92 Å². The lowest BCUT2D eigenvalue weighted by atomic mass is 10.0. The third-order valence-corrected chi connectivity index (χ3v) is 3.42. The maximum absolute atomic E-state index is 12.2. The van der Waals surface area contributed by atoms with E-state index in [1.165, 1.54) is 7.11 Å². The Hall–Kier alpha value is -1.56. The number of halogens is 1. The number of carbonyl (C=O) groups is 2. The van der Waals surface area contributed by atoms with Gasteiger partial charge in [-0.2, -0.15) is 0 Å². The van der Waals surface area contributed by atoms with Crippen molar-refractivity contribution in [3.8, 4) is 0 Å². The maximum Gasteiger partial charge on any atom is 0.328 e. The van der Waals surface area contributed by atoms with Crippen LogP contribution >= 0.6 is 15.9 Å². The van der Waals surface area contributed by atoms with E-state index in [4.69, 9.17) is 10.5 Å². The quantitative estimate of drug-likeness (QED) is 0.635. The van der Waals surface area contributed by atoms with Gasteiger partial charge in [0, 0.05) is 10.2 Å². The number of nitrogens with one attached hydrogen (secondary N) is 1. The molecule has 1 amide bonds. The molecule has 5 nitrogen and oxygen atoms in total. The molecule has 0 bridgehead atoms. The predicted octanol–water partition coefficient (Wildman–Crippen LogP) is 2.35. The molecule has 0 aliphatic heterocycles. The van der Waals surface area contributed by atoms with Gasteiger partial charge >= 0.3 is 5.97 Å². The van der Waals surface area contributed by atoms with E-state index in [-0.39, 0.29) is 11.8 Å². The molecule has 1 aromatic rings. The molecular weight excluding hydrogens is 324 g/mol. The van der Waals surface area contributed by atoms with Gasteiger partial charge in [0.2, 0.25) is 0 Å². The number of benzene rings is 1. The molecule has 1 atom stereocenters. The fourth-order valence-corrected chi connectivity index (χ4v) is 2.21. The molecule has 1 rings (SSSR count). The van der Waals surface area contributed by atoms with Crippen LogP contribution in [0.5, 0.6) is 0 Å². The van der Waals surface area contributed by atoms with Crippen molar-refractivity contribution >= 4 is 33.5 Å². The third-order valence-electron chi connectivity index (χ3n) is 2.73. The Labute approximate surface area is 127 Å². The molecule has 0 saturated carbocycles. The summed E-state index contributed by atoms with van der Waals surface area (Å²) in [6, 6.07) is 4.27. The van der Waals surface area contributed by atoms with Gasteiger partial charge in [0.05, 0.1) is 12.7 Å². The lowest BCUT2D eigenvalue weighted by Gasteiger charge is -2.18. The number of esters is 1. The van der Waals surface area contributed by atoms with Crippen molar-refractivity contribution in [2.45, 2.75) is 26.3 Å². The number of rotatable bonds is 5. The van der Waals surface area contributed by atoms with Gasteiger partial charge in [0.1, 0.15) is 6.04 Å². The molecule has 0 aromatic heterocycles. The summed E-state index contributed by atoms with van der Waals surface area (Å²) in [6.07, 6.45) is 0.512. The second-order valence-corrected chi connectivity index (χ2v) is 5.77. The number of hydrogen-bond donors (Lipinski definition) is 2. The summed E-state index contributed by atoms with van der Waals surface area (Å²) < 4.78 is 5.34. The molecule has 0 spiro atoms. The molecule has 6 heteroatoms. The average molecular weight is 343 g/mol. The van der Waals surface area contributed by atoms with E-state index in [1.807, 2.05) is 13.8 Å². The molecule has 1 unspecified atom stereocenters. The van der Waals surface area contributed by atoms with Crippen LogP contribution in [0.3, 0.4) is 0 Å². The Morgan fingerprint density at radius 1 is 1.40 bits per heavy atom. The van der Waals surface area contributed by atoms with Crippen LogP contribution in [0, 0.1) is 5.92 Å². The summed E-state index contributed by atoms with van der Waals surface area (Å²) in [6.45, 7) is 3.94. The fraction of sp³-hybridized carbons (Fsp3) is 0.429. The molecule has 3 N–H and O–H groups in total. The Morgan fingerprint density at radius 2 is 2.05 bits per heavy atom. The SMILES string of the molecule is COC(=O)C(CC(C)C)NC(=O)c1cc(N)ccc1Br. The van der Waals surface area contributed by atoms with Crippen LogP contribution in [-0.2, 0) is 9.53 Å². The van der Waals surface area contributed by atoms with Gasteiger partial charge in [-0.05, 0) is 46.5 Å². The minimum absolute atomic E-state index is 0.253. The number of nitrogen functional groups attached to an aromatic ring is 1. The predicted molar refractivity (Wildman–Crippen MR) is 81.3 cm³/mol. The van der Waals surface area contributed by atoms with Crippen LogP contribution in [-0.4, -0.2) is 25.0 Å². The minimum atomic E-state index is -0.666. The Kier molecular flexibility index (Phi) is 6.01. The highest BCUT2D eigenvalue weighted by Gasteiger charge is 2.24. The number of ether oxygens (including phenoxy) is 1. The highest BCUT2D eigenvalue weighted by atomic mass is 79.9. The van der Waals surface area contributed by atoms with E-state index in [0.29, 0.717) is 22.1 Å². The normalized spacial score (nSPS) is 12.1. The van der Waals surface area contributed by atoms with E-state index < -0.39 is 12.0 Å². The van der Waals surface area contributed by atoms with E-state index in [1.54, 1.807) is 18.2 Å². The number of methoxy groups -OCH3 is 1. The van der Waals surface area contributed by atoms with Crippen LogP contribution in [0.2, 0.25) is 0 Å². The van der Waals surface area contributed by atoms with Crippen LogP contribution in [0.4, 0.5) is 5.69 Å².